The van der Waals surface area contributed by atoms with Gasteiger partial charge in [-0.15, -0.1) is 0 Å². The summed E-state index contributed by atoms with van der Waals surface area (Å²) in [4.78, 5) is 12.8. The van der Waals surface area contributed by atoms with Crippen molar-refractivity contribution in [2.24, 2.45) is 0 Å². The molecule has 1 amide bonds. The number of amides is 1. The van der Waals surface area contributed by atoms with Crippen LogP contribution in [0.15, 0.2) is 53.1 Å². The zero-order valence-electron chi connectivity index (χ0n) is 17.0. The van der Waals surface area contributed by atoms with Crippen molar-refractivity contribution in [3.05, 3.63) is 82.2 Å². The fourth-order valence-electron chi connectivity index (χ4n) is 2.99. The molecule has 0 aliphatic carbocycles. The van der Waals surface area contributed by atoms with Crippen molar-refractivity contribution >= 4 is 5.91 Å². The molecule has 29 heavy (non-hydrogen) atoms. The molecule has 2 aromatic carbocycles. The second-order valence-electron chi connectivity index (χ2n) is 6.68. The molecule has 1 heterocycles. The van der Waals surface area contributed by atoms with Crippen LogP contribution in [-0.4, -0.2) is 17.7 Å². The Kier molecular flexibility index (Phi) is 7.03. The molecule has 1 N–H and O–H groups in total. The average molecular weight is 394 g/mol. The minimum absolute atomic E-state index is 0.189. The SMILES string of the molecule is CCOCc1ccccc1CNC(=O)c1ccccc1OCc1c(C)noc1C. The van der Waals surface area contributed by atoms with Crippen LogP contribution in [0, 0.1) is 13.8 Å². The molecule has 0 atom stereocenters. The maximum Gasteiger partial charge on any atom is 0.255 e. The van der Waals surface area contributed by atoms with E-state index >= 15 is 0 Å². The molecule has 3 aromatic rings. The van der Waals surface area contributed by atoms with Crippen LogP contribution >= 0.6 is 0 Å². The maximum absolute atomic E-state index is 12.8. The molecule has 0 spiro atoms. The van der Waals surface area contributed by atoms with Gasteiger partial charge in [0.1, 0.15) is 18.1 Å². The minimum Gasteiger partial charge on any atom is -0.488 e. The molecule has 6 heteroatoms. The number of hydrogen-bond acceptors (Lipinski definition) is 5. The van der Waals surface area contributed by atoms with Gasteiger partial charge in [-0.3, -0.25) is 4.79 Å². The Morgan fingerprint density at radius 2 is 1.76 bits per heavy atom. The molecular formula is C23H26N2O4. The van der Waals surface area contributed by atoms with Gasteiger partial charge in [0.25, 0.3) is 5.91 Å². The second-order valence-corrected chi connectivity index (χ2v) is 6.68. The first kappa shape index (κ1) is 20.6. The summed E-state index contributed by atoms with van der Waals surface area (Å²) in [5.41, 5.74) is 4.27. The first-order valence-electron chi connectivity index (χ1n) is 9.66. The Hall–Kier alpha value is -3.12. The predicted octanol–water partition coefficient (Wildman–Crippen LogP) is 4.34. The Balaban J connectivity index is 1.67. The highest BCUT2D eigenvalue weighted by atomic mass is 16.5. The van der Waals surface area contributed by atoms with Gasteiger partial charge in [-0.05, 0) is 44.0 Å². The lowest BCUT2D eigenvalue weighted by Crippen LogP contribution is -2.24. The lowest BCUT2D eigenvalue weighted by Gasteiger charge is -2.13. The molecule has 0 unspecified atom stereocenters. The molecule has 0 aliphatic heterocycles. The van der Waals surface area contributed by atoms with Crippen LogP contribution in [0.2, 0.25) is 0 Å². The Morgan fingerprint density at radius 1 is 1.03 bits per heavy atom. The standard InChI is InChI=1S/C23H26N2O4/c1-4-27-14-19-10-6-5-9-18(19)13-24-23(26)20-11-7-8-12-22(20)28-15-21-16(2)25-29-17(21)3/h5-12H,4,13-15H2,1-3H3,(H,24,26). The van der Waals surface area contributed by atoms with E-state index in [1.807, 2.05) is 57.2 Å². The van der Waals surface area contributed by atoms with Crippen molar-refractivity contribution in [2.75, 3.05) is 6.61 Å². The Bertz CT molecular complexity index is 946. The fourth-order valence-corrected chi connectivity index (χ4v) is 2.99. The van der Waals surface area contributed by atoms with Crippen LogP contribution in [0.1, 0.15) is 45.4 Å². The highest BCUT2D eigenvalue weighted by Crippen LogP contribution is 2.22. The summed E-state index contributed by atoms with van der Waals surface area (Å²) in [5, 5.41) is 6.92. The molecule has 0 bridgehead atoms. The van der Waals surface area contributed by atoms with Crippen molar-refractivity contribution in [3.8, 4) is 5.75 Å². The van der Waals surface area contributed by atoms with E-state index < -0.39 is 0 Å². The van der Waals surface area contributed by atoms with Gasteiger partial charge >= 0.3 is 0 Å². The summed E-state index contributed by atoms with van der Waals surface area (Å²) in [6, 6.07) is 15.1. The molecule has 1 aromatic heterocycles. The Morgan fingerprint density at radius 3 is 2.48 bits per heavy atom. The van der Waals surface area contributed by atoms with Gasteiger partial charge in [0.15, 0.2) is 0 Å². The van der Waals surface area contributed by atoms with Gasteiger partial charge in [0.05, 0.1) is 23.4 Å². The molecule has 6 nitrogen and oxygen atoms in total. The van der Waals surface area contributed by atoms with E-state index in [4.69, 9.17) is 14.0 Å². The molecule has 0 fully saturated rings. The lowest BCUT2D eigenvalue weighted by atomic mass is 10.1. The van der Waals surface area contributed by atoms with Gasteiger partial charge in [-0.2, -0.15) is 0 Å². The van der Waals surface area contributed by atoms with E-state index in [1.165, 1.54) is 0 Å². The molecule has 0 saturated heterocycles. The first-order chi connectivity index (χ1) is 14.1. The van der Waals surface area contributed by atoms with Crippen LogP contribution < -0.4 is 10.1 Å². The molecule has 152 valence electrons. The van der Waals surface area contributed by atoms with E-state index in [1.54, 1.807) is 12.1 Å². The monoisotopic (exact) mass is 394 g/mol. The largest absolute Gasteiger partial charge is 0.488 e. The third kappa shape index (κ3) is 5.23. The number of carbonyl (C=O) groups is 1. The van der Waals surface area contributed by atoms with E-state index in [2.05, 4.69) is 10.5 Å². The molecule has 0 radical (unpaired) electrons. The third-order valence-electron chi connectivity index (χ3n) is 4.70. The van der Waals surface area contributed by atoms with Crippen molar-refractivity contribution in [1.29, 1.82) is 0 Å². The summed E-state index contributed by atoms with van der Waals surface area (Å²) in [6.45, 7) is 7.56. The number of para-hydroxylation sites is 1. The summed E-state index contributed by atoms with van der Waals surface area (Å²) >= 11 is 0. The number of benzene rings is 2. The smallest absolute Gasteiger partial charge is 0.255 e. The summed E-state index contributed by atoms with van der Waals surface area (Å²) in [7, 11) is 0. The fraction of sp³-hybridized carbons (Fsp3) is 0.304. The quantitative estimate of drug-likeness (QED) is 0.584. The highest BCUT2D eigenvalue weighted by Gasteiger charge is 2.15. The highest BCUT2D eigenvalue weighted by molar-refractivity contribution is 5.96. The summed E-state index contributed by atoms with van der Waals surface area (Å²) in [5.74, 6) is 1.05. The van der Waals surface area contributed by atoms with Crippen LogP contribution in [0.4, 0.5) is 0 Å². The predicted molar refractivity (Wildman–Crippen MR) is 110 cm³/mol. The lowest BCUT2D eigenvalue weighted by molar-refractivity contribution is 0.0945. The van der Waals surface area contributed by atoms with E-state index in [0.29, 0.717) is 37.7 Å². The Labute approximate surface area is 170 Å². The van der Waals surface area contributed by atoms with Crippen LogP contribution in [0.25, 0.3) is 0 Å². The van der Waals surface area contributed by atoms with E-state index in [9.17, 15) is 4.79 Å². The topological polar surface area (TPSA) is 73.6 Å². The molecular weight excluding hydrogens is 368 g/mol. The third-order valence-corrected chi connectivity index (χ3v) is 4.70. The first-order valence-corrected chi connectivity index (χ1v) is 9.66. The number of ether oxygens (including phenoxy) is 2. The summed E-state index contributed by atoms with van der Waals surface area (Å²) < 4.78 is 16.6. The summed E-state index contributed by atoms with van der Waals surface area (Å²) in [6.07, 6.45) is 0. The number of nitrogens with zero attached hydrogens (tertiary/aromatic N) is 1. The number of aromatic nitrogens is 1. The molecule has 0 saturated carbocycles. The van der Waals surface area contributed by atoms with Crippen molar-refractivity contribution in [3.63, 3.8) is 0 Å². The van der Waals surface area contributed by atoms with Crippen molar-refractivity contribution < 1.29 is 18.8 Å². The van der Waals surface area contributed by atoms with E-state index in [-0.39, 0.29) is 5.91 Å². The van der Waals surface area contributed by atoms with Crippen molar-refractivity contribution in [2.45, 2.75) is 40.5 Å². The zero-order chi connectivity index (χ0) is 20.6. The van der Waals surface area contributed by atoms with Crippen LogP contribution in [0.5, 0.6) is 5.75 Å². The normalized spacial score (nSPS) is 10.7. The van der Waals surface area contributed by atoms with Gasteiger partial charge < -0.3 is 19.3 Å². The van der Waals surface area contributed by atoms with Gasteiger partial charge in [0, 0.05) is 13.2 Å². The van der Waals surface area contributed by atoms with Crippen molar-refractivity contribution in [1.82, 2.24) is 10.5 Å². The van der Waals surface area contributed by atoms with E-state index in [0.717, 1.165) is 28.1 Å². The number of rotatable bonds is 9. The zero-order valence-corrected chi connectivity index (χ0v) is 17.0. The van der Waals surface area contributed by atoms with Gasteiger partial charge in [0.2, 0.25) is 0 Å². The molecule has 0 aliphatic rings. The van der Waals surface area contributed by atoms with Gasteiger partial charge in [-0.25, -0.2) is 0 Å². The number of aryl methyl sites for hydroxylation is 2. The minimum atomic E-state index is -0.189. The second kappa shape index (κ2) is 9.89. The molecule has 3 rings (SSSR count). The number of nitrogens with one attached hydrogen (secondary N) is 1. The average Bonchev–Trinajstić information content (AvgIpc) is 3.07. The van der Waals surface area contributed by atoms with Crippen LogP contribution in [-0.2, 0) is 24.5 Å². The number of hydrogen-bond donors (Lipinski definition) is 1. The number of carbonyl (C=O) groups excluding carboxylic acids is 1. The maximum atomic E-state index is 12.8. The van der Waals surface area contributed by atoms with Gasteiger partial charge in [-0.1, -0.05) is 41.6 Å². The van der Waals surface area contributed by atoms with Crippen LogP contribution in [0.3, 0.4) is 0 Å².